The molecule has 0 aromatic carbocycles. The van der Waals surface area contributed by atoms with E-state index in [2.05, 4.69) is 6.58 Å². The van der Waals surface area contributed by atoms with Crippen molar-refractivity contribution in [2.75, 3.05) is 0 Å². The molecule has 3 aliphatic rings. The molecule has 138 valence electrons. The highest BCUT2D eigenvalue weighted by atomic mass is 16.6. The summed E-state index contributed by atoms with van der Waals surface area (Å²) in [6, 6.07) is 0. The molecule has 3 rings (SSSR count). The number of fused-ring (bicyclic) bond motifs is 2. The summed E-state index contributed by atoms with van der Waals surface area (Å²) in [7, 11) is 0. The number of ether oxygens (including phenoxy) is 3. The molecule has 0 N–H and O–H groups in total. The molecule has 1 fully saturated rings. The van der Waals surface area contributed by atoms with Gasteiger partial charge in [-0.15, -0.1) is 0 Å². The zero-order chi connectivity index (χ0) is 19.0. The predicted octanol–water partition coefficient (Wildman–Crippen LogP) is 2.55. The Morgan fingerprint density at radius 2 is 1.96 bits per heavy atom. The second-order valence-electron chi connectivity index (χ2n) is 6.89. The maximum Gasteiger partial charge on any atom is 0.334 e. The first-order valence-electron chi connectivity index (χ1n) is 8.62. The van der Waals surface area contributed by atoms with E-state index in [1.54, 1.807) is 26.0 Å². The Morgan fingerprint density at radius 1 is 1.23 bits per heavy atom. The normalized spacial score (nSPS) is 33.5. The highest BCUT2D eigenvalue weighted by Gasteiger charge is 2.46. The van der Waals surface area contributed by atoms with Crippen LogP contribution in [-0.2, 0) is 28.6 Å². The monoisotopic (exact) mass is 358 g/mol. The molecular weight excluding hydrogens is 336 g/mol. The van der Waals surface area contributed by atoms with Crippen molar-refractivity contribution in [2.24, 2.45) is 5.92 Å². The van der Waals surface area contributed by atoms with Crippen LogP contribution in [0.3, 0.4) is 0 Å². The topological polar surface area (TPSA) is 78.9 Å². The van der Waals surface area contributed by atoms with Crippen LogP contribution in [0.25, 0.3) is 0 Å². The van der Waals surface area contributed by atoms with Gasteiger partial charge in [-0.25, -0.2) is 14.4 Å². The summed E-state index contributed by atoms with van der Waals surface area (Å²) in [5.74, 6) is -1.96. The molecule has 6 nitrogen and oxygen atoms in total. The van der Waals surface area contributed by atoms with Crippen molar-refractivity contribution in [3.63, 3.8) is 0 Å². The third-order valence-corrected chi connectivity index (χ3v) is 4.98. The maximum atomic E-state index is 12.3. The van der Waals surface area contributed by atoms with Crippen LogP contribution in [0.1, 0.15) is 33.6 Å². The SMILES string of the molecule is C=C1C(=O)O[C@H]2/C=C(/C)CC3C=C(C[C@@H](OC(=O)/C(C)=C\C)[C@H]12)C(=O)O3. The van der Waals surface area contributed by atoms with Gasteiger partial charge in [0.1, 0.15) is 18.3 Å². The molecule has 2 aliphatic heterocycles. The van der Waals surface area contributed by atoms with Crippen LogP contribution in [0.5, 0.6) is 0 Å². The number of allylic oxidation sites excluding steroid dienone is 1. The Hall–Kier alpha value is -2.63. The maximum absolute atomic E-state index is 12.3. The van der Waals surface area contributed by atoms with E-state index in [-0.39, 0.29) is 18.1 Å². The standard InChI is InChI=1S/C20H22O6/c1-5-11(3)18(21)25-16-9-13-8-14(24-20(13)23)6-10(2)7-15-17(16)12(4)19(22)26-15/h5,7-8,14-17H,4,6,9H2,1-3H3/b10-7-,11-5-/t14?,15-,16+,17+/m0/s1. The number of carbonyl (C=O) groups excluding carboxylic acids is 3. The first-order chi connectivity index (χ1) is 12.3. The fourth-order valence-corrected chi connectivity index (χ4v) is 3.44. The summed E-state index contributed by atoms with van der Waals surface area (Å²) in [5.41, 5.74) is 2.07. The fraction of sp³-hybridized carbons (Fsp3) is 0.450. The number of rotatable bonds is 2. The van der Waals surface area contributed by atoms with E-state index in [1.807, 2.05) is 13.0 Å². The Morgan fingerprint density at radius 3 is 2.65 bits per heavy atom. The molecule has 1 saturated heterocycles. The largest absolute Gasteiger partial charge is 0.458 e. The molecular formula is C20H22O6. The van der Waals surface area contributed by atoms with Crippen LogP contribution >= 0.6 is 0 Å². The lowest BCUT2D eigenvalue weighted by Crippen LogP contribution is -2.34. The number of carbonyl (C=O) groups is 3. The van der Waals surface area contributed by atoms with Gasteiger partial charge in [-0.3, -0.25) is 0 Å². The molecule has 1 aliphatic carbocycles. The molecule has 0 aromatic rings. The summed E-state index contributed by atoms with van der Waals surface area (Å²) < 4.78 is 16.5. The van der Waals surface area contributed by atoms with Crippen molar-refractivity contribution in [3.8, 4) is 0 Å². The van der Waals surface area contributed by atoms with Crippen LogP contribution in [-0.4, -0.2) is 36.2 Å². The highest BCUT2D eigenvalue weighted by Crippen LogP contribution is 2.38. The highest BCUT2D eigenvalue weighted by molar-refractivity contribution is 5.93. The fourth-order valence-electron chi connectivity index (χ4n) is 3.44. The molecule has 0 saturated carbocycles. The Balaban J connectivity index is 2.00. The summed E-state index contributed by atoms with van der Waals surface area (Å²) in [6.07, 6.45) is 4.26. The van der Waals surface area contributed by atoms with Crippen molar-refractivity contribution >= 4 is 17.9 Å². The van der Waals surface area contributed by atoms with E-state index in [4.69, 9.17) is 14.2 Å². The van der Waals surface area contributed by atoms with E-state index in [0.29, 0.717) is 17.6 Å². The molecule has 0 amide bonds. The molecule has 0 spiro atoms. The second kappa shape index (κ2) is 6.94. The van der Waals surface area contributed by atoms with Gasteiger partial charge in [-0.2, -0.15) is 0 Å². The molecule has 6 heteroatoms. The minimum absolute atomic E-state index is 0.155. The van der Waals surface area contributed by atoms with Gasteiger partial charge in [0.15, 0.2) is 0 Å². The minimum atomic E-state index is -0.749. The van der Waals surface area contributed by atoms with Gasteiger partial charge < -0.3 is 14.2 Å². The Bertz CT molecular complexity index is 769. The van der Waals surface area contributed by atoms with Gasteiger partial charge in [0.2, 0.25) is 0 Å². The lowest BCUT2D eigenvalue weighted by Gasteiger charge is -2.26. The first kappa shape index (κ1) is 18.2. The van der Waals surface area contributed by atoms with Crippen LogP contribution in [0, 0.1) is 5.92 Å². The second-order valence-corrected chi connectivity index (χ2v) is 6.89. The van der Waals surface area contributed by atoms with Crippen LogP contribution in [0.15, 0.2) is 47.1 Å². The molecule has 0 aromatic heterocycles. The molecule has 2 heterocycles. The van der Waals surface area contributed by atoms with Gasteiger partial charge in [-0.05, 0) is 32.9 Å². The summed E-state index contributed by atoms with van der Waals surface area (Å²) >= 11 is 0. The Kier molecular flexibility index (Phi) is 4.85. The predicted molar refractivity (Wildman–Crippen MR) is 92.8 cm³/mol. The average molecular weight is 358 g/mol. The van der Waals surface area contributed by atoms with Crippen LogP contribution in [0.4, 0.5) is 0 Å². The van der Waals surface area contributed by atoms with Crippen molar-refractivity contribution in [2.45, 2.75) is 51.9 Å². The van der Waals surface area contributed by atoms with E-state index >= 15 is 0 Å². The number of hydrogen-bond donors (Lipinski definition) is 0. The van der Waals surface area contributed by atoms with Gasteiger partial charge >= 0.3 is 17.9 Å². The average Bonchev–Trinajstić information content (AvgIpc) is 3.04. The quantitative estimate of drug-likeness (QED) is 0.327. The molecule has 4 atom stereocenters. The molecule has 1 unspecified atom stereocenters. The summed E-state index contributed by atoms with van der Waals surface area (Å²) in [6.45, 7) is 9.10. The number of hydrogen-bond acceptors (Lipinski definition) is 6. The minimum Gasteiger partial charge on any atom is -0.458 e. The third kappa shape index (κ3) is 3.36. The zero-order valence-electron chi connectivity index (χ0n) is 15.1. The van der Waals surface area contributed by atoms with Gasteiger partial charge in [0.05, 0.1) is 5.92 Å². The third-order valence-electron chi connectivity index (χ3n) is 4.98. The summed E-state index contributed by atoms with van der Waals surface area (Å²) in [5, 5.41) is 0. The molecule has 2 bridgehead atoms. The lowest BCUT2D eigenvalue weighted by atomic mass is 9.85. The molecule has 26 heavy (non-hydrogen) atoms. The van der Waals surface area contributed by atoms with Crippen molar-refractivity contribution in [3.05, 3.63) is 47.1 Å². The zero-order valence-corrected chi connectivity index (χ0v) is 15.1. The molecule has 0 radical (unpaired) electrons. The van der Waals surface area contributed by atoms with Crippen molar-refractivity contribution in [1.82, 2.24) is 0 Å². The summed E-state index contributed by atoms with van der Waals surface area (Å²) in [4.78, 5) is 36.6. The van der Waals surface area contributed by atoms with Crippen molar-refractivity contribution in [1.29, 1.82) is 0 Å². The van der Waals surface area contributed by atoms with Gasteiger partial charge in [-0.1, -0.05) is 18.2 Å². The van der Waals surface area contributed by atoms with E-state index in [1.165, 1.54) is 0 Å². The van der Waals surface area contributed by atoms with Crippen molar-refractivity contribution < 1.29 is 28.6 Å². The Labute approximate surface area is 152 Å². The van der Waals surface area contributed by atoms with Crippen LogP contribution in [0.2, 0.25) is 0 Å². The number of esters is 3. The van der Waals surface area contributed by atoms with Gasteiger partial charge in [0, 0.05) is 29.6 Å². The van der Waals surface area contributed by atoms with E-state index < -0.39 is 36.0 Å². The van der Waals surface area contributed by atoms with Gasteiger partial charge in [0.25, 0.3) is 0 Å². The van der Waals surface area contributed by atoms with E-state index in [9.17, 15) is 14.4 Å². The van der Waals surface area contributed by atoms with E-state index in [0.717, 1.165) is 5.57 Å². The van der Waals surface area contributed by atoms with Crippen LogP contribution < -0.4 is 0 Å². The first-order valence-corrected chi connectivity index (χ1v) is 8.62. The smallest absolute Gasteiger partial charge is 0.334 e. The lowest BCUT2D eigenvalue weighted by molar-refractivity contribution is -0.148.